The standard InChI is InChI=1S/C19H31NO2/c1-4-5-11-21-18-8-6-16(7-9-18)14-20-15-17-10-12-22-19(2,3)13-17/h6-9,17,20H,4-5,10-15H2,1-3H3/t17-/m0/s1. The molecule has 0 radical (unpaired) electrons. The van der Waals surface area contributed by atoms with Gasteiger partial charge >= 0.3 is 0 Å². The van der Waals surface area contributed by atoms with Crippen LogP contribution in [0.5, 0.6) is 5.75 Å². The summed E-state index contributed by atoms with van der Waals surface area (Å²) in [6.45, 7) is 10.3. The Bertz CT molecular complexity index is 428. The smallest absolute Gasteiger partial charge is 0.119 e. The maximum atomic E-state index is 5.77. The lowest BCUT2D eigenvalue weighted by Gasteiger charge is -2.35. The number of nitrogens with one attached hydrogen (secondary N) is 1. The van der Waals surface area contributed by atoms with Gasteiger partial charge in [-0.2, -0.15) is 0 Å². The summed E-state index contributed by atoms with van der Waals surface area (Å²) >= 11 is 0. The molecule has 124 valence electrons. The van der Waals surface area contributed by atoms with Gasteiger partial charge in [0.15, 0.2) is 0 Å². The van der Waals surface area contributed by atoms with Crippen molar-refractivity contribution in [3.05, 3.63) is 29.8 Å². The van der Waals surface area contributed by atoms with Crippen LogP contribution in [0.1, 0.15) is 52.0 Å². The molecule has 0 saturated carbocycles. The van der Waals surface area contributed by atoms with E-state index in [0.717, 1.165) is 50.8 Å². The molecule has 1 aliphatic heterocycles. The van der Waals surface area contributed by atoms with Gasteiger partial charge in [-0.05, 0) is 63.3 Å². The highest BCUT2D eigenvalue weighted by Crippen LogP contribution is 2.28. The predicted molar refractivity (Wildman–Crippen MR) is 91.3 cm³/mol. The quantitative estimate of drug-likeness (QED) is 0.732. The van der Waals surface area contributed by atoms with Crippen LogP contribution in [0, 0.1) is 5.92 Å². The van der Waals surface area contributed by atoms with E-state index in [9.17, 15) is 0 Å². The van der Waals surface area contributed by atoms with E-state index in [-0.39, 0.29) is 5.60 Å². The second kappa shape index (κ2) is 8.54. The summed E-state index contributed by atoms with van der Waals surface area (Å²) in [6.07, 6.45) is 4.60. The van der Waals surface area contributed by atoms with E-state index in [1.165, 1.54) is 18.4 Å². The molecule has 0 spiro atoms. The Hall–Kier alpha value is -1.06. The Labute approximate surface area is 135 Å². The number of rotatable bonds is 8. The molecule has 1 N–H and O–H groups in total. The summed E-state index contributed by atoms with van der Waals surface area (Å²) in [4.78, 5) is 0. The molecular weight excluding hydrogens is 274 g/mol. The third-order valence-corrected chi connectivity index (χ3v) is 4.25. The Morgan fingerprint density at radius 3 is 2.73 bits per heavy atom. The van der Waals surface area contributed by atoms with Crippen LogP contribution in [0.25, 0.3) is 0 Å². The maximum absolute atomic E-state index is 5.77. The fourth-order valence-corrected chi connectivity index (χ4v) is 2.99. The van der Waals surface area contributed by atoms with E-state index in [1.54, 1.807) is 0 Å². The second-order valence-electron chi connectivity index (χ2n) is 6.94. The lowest BCUT2D eigenvalue weighted by atomic mass is 9.88. The summed E-state index contributed by atoms with van der Waals surface area (Å²) in [6, 6.07) is 8.46. The minimum absolute atomic E-state index is 0.0437. The zero-order valence-electron chi connectivity index (χ0n) is 14.4. The highest BCUT2D eigenvalue weighted by atomic mass is 16.5. The predicted octanol–water partition coefficient (Wildman–Crippen LogP) is 4.16. The van der Waals surface area contributed by atoms with Crippen molar-refractivity contribution in [1.29, 1.82) is 0 Å². The van der Waals surface area contributed by atoms with Crippen molar-refractivity contribution >= 4 is 0 Å². The molecule has 1 aliphatic rings. The first kappa shape index (κ1) is 17.3. The molecule has 1 atom stereocenters. The molecule has 1 aromatic carbocycles. The molecule has 1 fully saturated rings. The summed E-state index contributed by atoms with van der Waals surface area (Å²) < 4.78 is 11.5. The molecule has 0 aromatic heterocycles. The van der Waals surface area contributed by atoms with Crippen LogP contribution >= 0.6 is 0 Å². The van der Waals surface area contributed by atoms with Crippen LogP contribution < -0.4 is 10.1 Å². The fraction of sp³-hybridized carbons (Fsp3) is 0.684. The molecule has 0 unspecified atom stereocenters. The van der Waals surface area contributed by atoms with Crippen LogP contribution in [0.2, 0.25) is 0 Å². The van der Waals surface area contributed by atoms with Crippen molar-refractivity contribution in [2.75, 3.05) is 19.8 Å². The van der Waals surface area contributed by atoms with Gasteiger partial charge in [0.1, 0.15) is 5.75 Å². The van der Waals surface area contributed by atoms with Crippen molar-refractivity contribution in [2.24, 2.45) is 5.92 Å². The van der Waals surface area contributed by atoms with Gasteiger partial charge in [0.25, 0.3) is 0 Å². The summed E-state index contributed by atoms with van der Waals surface area (Å²) in [5.74, 6) is 1.70. The van der Waals surface area contributed by atoms with Gasteiger partial charge in [0, 0.05) is 13.2 Å². The number of unbranched alkanes of at least 4 members (excludes halogenated alkanes) is 1. The molecule has 0 bridgehead atoms. The minimum Gasteiger partial charge on any atom is -0.494 e. The van der Waals surface area contributed by atoms with Crippen LogP contribution in [-0.2, 0) is 11.3 Å². The van der Waals surface area contributed by atoms with E-state index in [0.29, 0.717) is 0 Å². The Morgan fingerprint density at radius 2 is 2.05 bits per heavy atom. The van der Waals surface area contributed by atoms with E-state index in [1.807, 2.05) is 0 Å². The molecule has 22 heavy (non-hydrogen) atoms. The van der Waals surface area contributed by atoms with Crippen molar-refractivity contribution in [3.63, 3.8) is 0 Å². The lowest BCUT2D eigenvalue weighted by molar-refractivity contribution is -0.0718. The van der Waals surface area contributed by atoms with Crippen molar-refractivity contribution in [1.82, 2.24) is 5.32 Å². The van der Waals surface area contributed by atoms with Crippen molar-refractivity contribution in [3.8, 4) is 5.75 Å². The average molecular weight is 305 g/mol. The van der Waals surface area contributed by atoms with Crippen LogP contribution in [-0.4, -0.2) is 25.4 Å². The highest BCUT2D eigenvalue weighted by Gasteiger charge is 2.28. The third-order valence-electron chi connectivity index (χ3n) is 4.25. The summed E-state index contributed by atoms with van der Waals surface area (Å²) in [7, 11) is 0. The number of ether oxygens (including phenoxy) is 2. The van der Waals surface area contributed by atoms with Gasteiger partial charge in [-0.15, -0.1) is 0 Å². The van der Waals surface area contributed by atoms with Crippen LogP contribution in [0.4, 0.5) is 0 Å². The minimum atomic E-state index is 0.0437. The van der Waals surface area contributed by atoms with Gasteiger partial charge in [0.05, 0.1) is 12.2 Å². The topological polar surface area (TPSA) is 30.5 Å². The lowest BCUT2D eigenvalue weighted by Crippen LogP contribution is -2.37. The average Bonchev–Trinajstić information content (AvgIpc) is 2.48. The maximum Gasteiger partial charge on any atom is 0.119 e. The third kappa shape index (κ3) is 5.98. The normalized spacial score (nSPS) is 20.8. The van der Waals surface area contributed by atoms with E-state index in [2.05, 4.69) is 50.4 Å². The van der Waals surface area contributed by atoms with E-state index in [4.69, 9.17) is 9.47 Å². The number of hydrogen-bond acceptors (Lipinski definition) is 3. The van der Waals surface area contributed by atoms with Crippen molar-refractivity contribution in [2.45, 2.75) is 58.6 Å². The molecule has 1 saturated heterocycles. The molecule has 3 heteroatoms. The Balaban J connectivity index is 1.68. The number of hydrogen-bond donors (Lipinski definition) is 1. The molecule has 0 amide bonds. The molecule has 1 aromatic rings. The van der Waals surface area contributed by atoms with Crippen molar-refractivity contribution < 1.29 is 9.47 Å². The molecule has 1 heterocycles. The highest BCUT2D eigenvalue weighted by molar-refractivity contribution is 5.27. The van der Waals surface area contributed by atoms with Gasteiger partial charge in [-0.1, -0.05) is 25.5 Å². The summed E-state index contributed by atoms with van der Waals surface area (Å²) in [5, 5.41) is 3.58. The SMILES string of the molecule is CCCCOc1ccc(CNC[C@H]2CCOC(C)(C)C2)cc1. The molecule has 3 nitrogen and oxygen atoms in total. The van der Waals surface area contributed by atoms with Gasteiger partial charge in [-0.3, -0.25) is 0 Å². The molecule has 0 aliphatic carbocycles. The van der Waals surface area contributed by atoms with Crippen LogP contribution in [0.15, 0.2) is 24.3 Å². The number of benzene rings is 1. The largest absolute Gasteiger partial charge is 0.494 e. The first-order valence-electron chi connectivity index (χ1n) is 8.65. The van der Waals surface area contributed by atoms with Crippen LogP contribution in [0.3, 0.4) is 0 Å². The van der Waals surface area contributed by atoms with Gasteiger partial charge < -0.3 is 14.8 Å². The summed E-state index contributed by atoms with van der Waals surface area (Å²) in [5.41, 5.74) is 1.36. The molecule has 2 rings (SSSR count). The first-order chi connectivity index (χ1) is 10.6. The second-order valence-corrected chi connectivity index (χ2v) is 6.94. The Kier molecular flexibility index (Phi) is 6.71. The van der Waals surface area contributed by atoms with E-state index >= 15 is 0 Å². The van der Waals surface area contributed by atoms with Gasteiger partial charge in [-0.25, -0.2) is 0 Å². The molecular formula is C19H31NO2. The first-order valence-corrected chi connectivity index (χ1v) is 8.65. The zero-order valence-corrected chi connectivity index (χ0v) is 14.4. The monoisotopic (exact) mass is 305 g/mol. The van der Waals surface area contributed by atoms with Gasteiger partial charge in [0.2, 0.25) is 0 Å². The fourth-order valence-electron chi connectivity index (χ4n) is 2.99. The Morgan fingerprint density at radius 1 is 1.27 bits per heavy atom. The zero-order chi connectivity index (χ0) is 15.8. The van der Waals surface area contributed by atoms with E-state index < -0.39 is 0 Å².